The number of hydrogen-bond acceptors (Lipinski definition) is 4. The number of benzene rings is 1. The van der Waals surface area contributed by atoms with Gasteiger partial charge >= 0.3 is 6.14 Å². The molecule has 0 atom stereocenters. The van der Waals surface area contributed by atoms with Gasteiger partial charge in [-0.3, -0.25) is 0 Å². The van der Waals surface area contributed by atoms with Crippen molar-refractivity contribution in [2.45, 2.75) is 4.90 Å². The Bertz CT molecular complexity index is 590. The van der Waals surface area contributed by atoms with Crippen molar-refractivity contribution in [1.29, 1.82) is 0 Å². The lowest BCUT2D eigenvalue weighted by Gasteiger charge is -1.96. The first-order valence-corrected chi connectivity index (χ1v) is 5.11. The maximum absolute atomic E-state index is 12.6. The molecule has 0 radical (unpaired) electrons. The van der Waals surface area contributed by atoms with E-state index in [-0.39, 0.29) is 16.0 Å². The van der Waals surface area contributed by atoms with Crippen molar-refractivity contribution >= 4 is 21.1 Å². The molecule has 2 rings (SSSR count). The minimum Gasteiger partial charge on any atom is -0.415 e. The summed E-state index contributed by atoms with van der Waals surface area (Å²) in [5.41, 5.74) is -0.0403. The first kappa shape index (κ1) is 9.10. The monoisotopic (exact) mass is 216 g/mol. The Kier molecular flexibility index (Phi) is 1.79. The second kappa shape index (κ2) is 2.76. The number of oxazole rings is 1. The van der Waals surface area contributed by atoms with E-state index in [2.05, 4.69) is 9.40 Å². The van der Waals surface area contributed by atoms with Gasteiger partial charge in [0.05, 0.1) is 0 Å². The van der Waals surface area contributed by atoms with Crippen LogP contribution in [0.15, 0.2) is 27.5 Å². The molecule has 0 aliphatic carbocycles. The summed E-state index contributed by atoms with van der Waals surface area (Å²) in [5.74, 6) is 0. The van der Waals surface area contributed by atoms with Gasteiger partial charge in [-0.05, 0) is 12.1 Å². The van der Waals surface area contributed by atoms with Crippen molar-refractivity contribution in [2.24, 2.45) is 5.14 Å². The SMILES string of the molecule is NS(=O)(=O)c1cccc2oc(F)nc12. The van der Waals surface area contributed by atoms with E-state index in [9.17, 15) is 12.8 Å². The van der Waals surface area contributed by atoms with E-state index in [4.69, 9.17) is 5.14 Å². The fraction of sp³-hybridized carbons (Fsp3) is 0. The van der Waals surface area contributed by atoms with Crippen LogP contribution in [0.3, 0.4) is 0 Å². The molecule has 2 N–H and O–H groups in total. The summed E-state index contributed by atoms with van der Waals surface area (Å²) < 4.78 is 39.1. The van der Waals surface area contributed by atoms with Gasteiger partial charge in [-0.25, -0.2) is 13.6 Å². The first-order chi connectivity index (χ1) is 6.48. The molecule has 1 heterocycles. The van der Waals surface area contributed by atoms with Crippen molar-refractivity contribution in [2.75, 3.05) is 0 Å². The molecule has 0 saturated carbocycles. The largest absolute Gasteiger partial charge is 0.415 e. The van der Waals surface area contributed by atoms with Gasteiger partial charge in [0.15, 0.2) is 5.58 Å². The summed E-state index contributed by atoms with van der Waals surface area (Å²) in [6.45, 7) is 0. The highest BCUT2D eigenvalue weighted by atomic mass is 32.2. The lowest BCUT2D eigenvalue weighted by molar-refractivity contribution is 0.355. The van der Waals surface area contributed by atoms with Gasteiger partial charge in [0.25, 0.3) is 0 Å². The molecule has 1 aromatic heterocycles. The zero-order valence-corrected chi connectivity index (χ0v) is 7.58. The van der Waals surface area contributed by atoms with Crippen LogP contribution < -0.4 is 5.14 Å². The second-order valence-electron chi connectivity index (χ2n) is 2.61. The third kappa shape index (κ3) is 1.36. The number of aromatic nitrogens is 1. The van der Waals surface area contributed by atoms with Crippen LogP contribution in [0.2, 0.25) is 0 Å². The third-order valence-corrected chi connectivity index (χ3v) is 2.60. The Morgan fingerprint density at radius 1 is 1.43 bits per heavy atom. The molecule has 0 spiro atoms. The standard InChI is InChI=1S/C7H5FN2O3S/c8-7-10-6-4(13-7)2-1-3-5(6)14(9,11)12/h1-3H,(H2,9,11,12). The van der Waals surface area contributed by atoms with Crippen molar-refractivity contribution in [3.8, 4) is 0 Å². The van der Waals surface area contributed by atoms with Gasteiger partial charge in [-0.1, -0.05) is 6.07 Å². The zero-order chi connectivity index (χ0) is 10.3. The normalized spacial score (nSPS) is 12.1. The molecule has 0 unspecified atom stereocenters. The fourth-order valence-corrected chi connectivity index (χ4v) is 1.81. The number of fused-ring (bicyclic) bond motifs is 1. The first-order valence-electron chi connectivity index (χ1n) is 3.56. The van der Waals surface area contributed by atoms with Crippen molar-refractivity contribution < 1.29 is 17.2 Å². The molecule has 0 amide bonds. The lowest BCUT2D eigenvalue weighted by atomic mass is 10.3. The Morgan fingerprint density at radius 2 is 2.14 bits per heavy atom. The van der Waals surface area contributed by atoms with E-state index >= 15 is 0 Å². The molecule has 0 aliphatic rings. The number of primary sulfonamides is 1. The van der Waals surface area contributed by atoms with Gasteiger partial charge in [0.2, 0.25) is 10.0 Å². The van der Waals surface area contributed by atoms with Crippen LogP contribution in [0.4, 0.5) is 4.39 Å². The number of halogens is 1. The molecule has 0 aliphatic heterocycles. The summed E-state index contributed by atoms with van der Waals surface area (Å²) in [7, 11) is -3.91. The molecule has 0 saturated heterocycles. The quantitative estimate of drug-likeness (QED) is 0.756. The molecule has 74 valence electrons. The van der Waals surface area contributed by atoms with Crippen molar-refractivity contribution in [3.63, 3.8) is 0 Å². The zero-order valence-electron chi connectivity index (χ0n) is 6.77. The van der Waals surface area contributed by atoms with E-state index in [1.54, 1.807) is 0 Å². The number of nitrogens with zero attached hydrogens (tertiary/aromatic N) is 1. The molecule has 5 nitrogen and oxygen atoms in total. The number of hydrogen-bond donors (Lipinski definition) is 1. The molecule has 7 heteroatoms. The highest BCUT2D eigenvalue weighted by molar-refractivity contribution is 7.89. The Morgan fingerprint density at radius 3 is 2.79 bits per heavy atom. The minimum absolute atomic E-state index is 0.0500. The van der Waals surface area contributed by atoms with Crippen LogP contribution in [-0.4, -0.2) is 13.4 Å². The van der Waals surface area contributed by atoms with E-state index in [1.807, 2.05) is 0 Å². The highest BCUT2D eigenvalue weighted by Crippen LogP contribution is 2.21. The summed E-state index contributed by atoms with van der Waals surface area (Å²) in [6.07, 6.45) is -1.09. The van der Waals surface area contributed by atoms with Crippen LogP contribution in [0, 0.1) is 6.14 Å². The molecular weight excluding hydrogens is 211 g/mol. The molecular formula is C7H5FN2O3S. The number of rotatable bonds is 1. The molecule has 14 heavy (non-hydrogen) atoms. The van der Waals surface area contributed by atoms with E-state index < -0.39 is 16.2 Å². The lowest BCUT2D eigenvalue weighted by Crippen LogP contribution is -2.12. The van der Waals surface area contributed by atoms with Crippen LogP contribution in [0.1, 0.15) is 0 Å². The molecule has 0 bridgehead atoms. The Labute approximate surface area is 78.4 Å². The van der Waals surface area contributed by atoms with Crippen LogP contribution in [0.5, 0.6) is 0 Å². The van der Waals surface area contributed by atoms with E-state index in [1.165, 1.54) is 18.2 Å². The van der Waals surface area contributed by atoms with Crippen molar-refractivity contribution in [1.82, 2.24) is 4.98 Å². The highest BCUT2D eigenvalue weighted by Gasteiger charge is 2.16. The average Bonchev–Trinajstić information content (AvgIpc) is 2.41. The van der Waals surface area contributed by atoms with Crippen molar-refractivity contribution in [3.05, 3.63) is 24.3 Å². The van der Waals surface area contributed by atoms with Gasteiger partial charge in [-0.15, -0.1) is 4.39 Å². The maximum Gasteiger partial charge on any atom is 0.382 e. The summed E-state index contributed by atoms with van der Waals surface area (Å²) in [6, 6.07) is 4.03. The predicted molar refractivity (Wildman–Crippen MR) is 45.3 cm³/mol. The number of nitrogens with two attached hydrogens (primary N) is 1. The van der Waals surface area contributed by atoms with Gasteiger partial charge in [-0.2, -0.15) is 4.98 Å². The number of sulfonamides is 1. The van der Waals surface area contributed by atoms with E-state index in [0.29, 0.717) is 0 Å². The summed E-state index contributed by atoms with van der Waals surface area (Å²) >= 11 is 0. The van der Waals surface area contributed by atoms with Gasteiger partial charge in [0, 0.05) is 0 Å². The number of para-hydroxylation sites is 1. The Balaban J connectivity index is 2.90. The van der Waals surface area contributed by atoms with Crippen LogP contribution in [-0.2, 0) is 10.0 Å². The summed E-state index contributed by atoms with van der Waals surface area (Å²) in [4.78, 5) is 3.04. The van der Waals surface area contributed by atoms with Crippen LogP contribution in [0.25, 0.3) is 11.1 Å². The Hall–Kier alpha value is -1.47. The molecule has 0 fully saturated rings. The summed E-state index contributed by atoms with van der Waals surface area (Å²) in [5, 5.41) is 4.90. The molecule has 1 aromatic carbocycles. The van der Waals surface area contributed by atoms with Crippen LogP contribution >= 0.6 is 0 Å². The van der Waals surface area contributed by atoms with Gasteiger partial charge < -0.3 is 4.42 Å². The topological polar surface area (TPSA) is 86.2 Å². The average molecular weight is 216 g/mol. The smallest absolute Gasteiger partial charge is 0.382 e. The predicted octanol–water partition coefficient (Wildman–Crippen LogP) is 0.614. The maximum atomic E-state index is 12.6. The van der Waals surface area contributed by atoms with E-state index in [0.717, 1.165) is 0 Å². The molecule has 2 aromatic rings. The second-order valence-corrected chi connectivity index (χ2v) is 4.14. The minimum atomic E-state index is -3.91. The van der Waals surface area contributed by atoms with Gasteiger partial charge in [0.1, 0.15) is 10.4 Å². The fourth-order valence-electron chi connectivity index (χ4n) is 1.13. The third-order valence-electron chi connectivity index (χ3n) is 1.66.